The van der Waals surface area contributed by atoms with Crippen LogP contribution < -0.4 is 5.32 Å². The van der Waals surface area contributed by atoms with Crippen LogP contribution in [0, 0.1) is 6.92 Å². The first-order chi connectivity index (χ1) is 11.6. The number of amides is 1. The fourth-order valence-electron chi connectivity index (χ4n) is 3.05. The normalized spacial score (nSPS) is 16.8. The first-order valence-corrected chi connectivity index (χ1v) is 8.37. The van der Waals surface area contributed by atoms with Crippen LogP contribution in [0.25, 0.3) is 6.08 Å². The van der Waals surface area contributed by atoms with E-state index in [0.29, 0.717) is 6.54 Å². The minimum absolute atomic E-state index is 0.0944. The second-order valence-corrected chi connectivity index (χ2v) is 6.23. The van der Waals surface area contributed by atoms with Gasteiger partial charge < -0.3 is 9.73 Å². The molecule has 6 nitrogen and oxygen atoms in total. The van der Waals surface area contributed by atoms with E-state index in [0.717, 1.165) is 30.2 Å². The van der Waals surface area contributed by atoms with E-state index >= 15 is 0 Å². The van der Waals surface area contributed by atoms with E-state index in [1.807, 2.05) is 32.3 Å². The highest BCUT2D eigenvalue weighted by molar-refractivity contribution is 5.91. The molecule has 6 heteroatoms. The van der Waals surface area contributed by atoms with Gasteiger partial charge in [0.2, 0.25) is 5.91 Å². The van der Waals surface area contributed by atoms with Gasteiger partial charge in [-0.3, -0.25) is 14.4 Å². The van der Waals surface area contributed by atoms with E-state index < -0.39 is 0 Å². The van der Waals surface area contributed by atoms with Gasteiger partial charge in [-0.15, -0.1) is 0 Å². The zero-order valence-corrected chi connectivity index (χ0v) is 14.2. The molecule has 1 atom stereocenters. The predicted octanol–water partition coefficient (Wildman–Crippen LogP) is 2.29. The van der Waals surface area contributed by atoms with Gasteiger partial charge in [0.1, 0.15) is 11.5 Å². The van der Waals surface area contributed by atoms with Crippen molar-refractivity contribution in [2.45, 2.75) is 25.8 Å². The van der Waals surface area contributed by atoms with Gasteiger partial charge in [0, 0.05) is 31.4 Å². The van der Waals surface area contributed by atoms with E-state index in [4.69, 9.17) is 4.42 Å². The summed E-state index contributed by atoms with van der Waals surface area (Å²) >= 11 is 0. The highest BCUT2D eigenvalue weighted by atomic mass is 16.3. The van der Waals surface area contributed by atoms with Crippen molar-refractivity contribution in [1.82, 2.24) is 20.0 Å². The Morgan fingerprint density at radius 2 is 2.21 bits per heavy atom. The smallest absolute Gasteiger partial charge is 0.244 e. The van der Waals surface area contributed by atoms with Crippen LogP contribution in [0.1, 0.15) is 36.0 Å². The molecule has 0 radical (unpaired) electrons. The number of likely N-dealkylation sites (tertiary alicyclic amines) is 1. The first-order valence-electron chi connectivity index (χ1n) is 8.37. The predicted molar refractivity (Wildman–Crippen MR) is 92.2 cm³/mol. The van der Waals surface area contributed by atoms with Crippen LogP contribution in [0.5, 0.6) is 0 Å². The van der Waals surface area contributed by atoms with Crippen molar-refractivity contribution in [3.63, 3.8) is 0 Å². The number of carbonyl (C=O) groups is 1. The average Bonchev–Trinajstić information content (AvgIpc) is 3.29. The van der Waals surface area contributed by atoms with Crippen molar-refractivity contribution in [3.8, 4) is 0 Å². The molecular weight excluding hydrogens is 304 g/mol. The molecule has 0 spiro atoms. The lowest BCUT2D eigenvalue weighted by Crippen LogP contribution is -2.36. The molecule has 128 valence electrons. The molecule has 0 bridgehead atoms. The Hall–Kier alpha value is -2.34. The molecule has 1 fully saturated rings. The van der Waals surface area contributed by atoms with Gasteiger partial charge in [-0.05, 0) is 51.1 Å². The van der Waals surface area contributed by atoms with Crippen LogP contribution >= 0.6 is 0 Å². The van der Waals surface area contributed by atoms with Gasteiger partial charge >= 0.3 is 0 Å². The van der Waals surface area contributed by atoms with Crippen LogP contribution in [0.15, 0.2) is 35.0 Å². The summed E-state index contributed by atoms with van der Waals surface area (Å²) in [7, 11) is 1.85. The second-order valence-electron chi connectivity index (χ2n) is 6.23. The lowest BCUT2D eigenvalue weighted by molar-refractivity contribution is -0.116. The Kier molecular flexibility index (Phi) is 5.15. The highest BCUT2D eigenvalue weighted by Gasteiger charge is 2.26. The van der Waals surface area contributed by atoms with E-state index in [-0.39, 0.29) is 11.9 Å². The Morgan fingerprint density at radius 1 is 1.42 bits per heavy atom. The van der Waals surface area contributed by atoms with Crippen molar-refractivity contribution in [2.24, 2.45) is 7.05 Å². The van der Waals surface area contributed by atoms with Crippen molar-refractivity contribution in [3.05, 3.63) is 47.7 Å². The molecule has 1 amide bonds. The molecule has 0 unspecified atom stereocenters. The summed E-state index contributed by atoms with van der Waals surface area (Å²) < 4.78 is 7.51. The average molecular weight is 328 g/mol. The van der Waals surface area contributed by atoms with E-state index in [2.05, 4.69) is 15.3 Å². The van der Waals surface area contributed by atoms with Crippen molar-refractivity contribution in [1.29, 1.82) is 0 Å². The lowest BCUT2D eigenvalue weighted by atomic mass is 10.2. The van der Waals surface area contributed by atoms with Crippen LogP contribution in [0.2, 0.25) is 0 Å². The van der Waals surface area contributed by atoms with Gasteiger partial charge in [0.25, 0.3) is 0 Å². The number of aryl methyl sites for hydroxylation is 2. The van der Waals surface area contributed by atoms with Crippen LogP contribution in [-0.4, -0.2) is 40.2 Å². The number of hydrogen-bond acceptors (Lipinski definition) is 4. The molecular formula is C18H24N4O2. The summed E-state index contributed by atoms with van der Waals surface area (Å²) in [5.41, 5.74) is 0.908. The summed E-state index contributed by atoms with van der Waals surface area (Å²) in [5.74, 6) is 1.72. The monoisotopic (exact) mass is 328 g/mol. The lowest BCUT2D eigenvalue weighted by Gasteiger charge is -2.25. The number of hydrogen-bond donors (Lipinski definition) is 1. The molecule has 0 saturated carbocycles. The van der Waals surface area contributed by atoms with Crippen LogP contribution in [0.3, 0.4) is 0 Å². The topological polar surface area (TPSA) is 63.3 Å². The molecule has 2 aromatic rings. The Labute approximate surface area is 142 Å². The molecule has 2 aromatic heterocycles. The van der Waals surface area contributed by atoms with Gasteiger partial charge in [-0.25, -0.2) is 0 Å². The molecule has 3 rings (SSSR count). The van der Waals surface area contributed by atoms with Crippen LogP contribution in [-0.2, 0) is 11.8 Å². The first kappa shape index (κ1) is 16.5. The Bertz CT molecular complexity index is 710. The zero-order chi connectivity index (χ0) is 16.9. The molecule has 1 aliphatic heterocycles. The number of furan rings is 1. The van der Waals surface area contributed by atoms with Crippen molar-refractivity contribution < 1.29 is 9.21 Å². The summed E-state index contributed by atoms with van der Waals surface area (Å²) in [6.07, 6.45) is 9.30. The quantitative estimate of drug-likeness (QED) is 0.827. The highest BCUT2D eigenvalue weighted by Crippen LogP contribution is 2.26. The van der Waals surface area contributed by atoms with Gasteiger partial charge in [-0.1, -0.05) is 0 Å². The summed E-state index contributed by atoms with van der Waals surface area (Å²) in [4.78, 5) is 14.5. The third kappa shape index (κ3) is 4.14. The maximum Gasteiger partial charge on any atom is 0.244 e. The molecule has 1 aliphatic rings. The maximum absolute atomic E-state index is 12.1. The Balaban J connectivity index is 1.60. The van der Waals surface area contributed by atoms with Crippen molar-refractivity contribution >= 4 is 12.0 Å². The molecule has 1 saturated heterocycles. The summed E-state index contributed by atoms with van der Waals surface area (Å²) in [6, 6.07) is 4.08. The number of nitrogens with one attached hydrogen (secondary N) is 1. The van der Waals surface area contributed by atoms with Gasteiger partial charge in [0.05, 0.1) is 12.2 Å². The van der Waals surface area contributed by atoms with Crippen molar-refractivity contribution in [2.75, 3.05) is 19.6 Å². The molecule has 1 N–H and O–H groups in total. The third-order valence-electron chi connectivity index (χ3n) is 4.29. The van der Waals surface area contributed by atoms with E-state index in [1.54, 1.807) is 23.0 Å². The molecule has 24 heavy (non-hydrogen) atoms. The zero-order valence-electron chi connectivity index (χ0n) is 14.2. The number of rotatable bonds is 6. The minimum atomic E-state index is -0.105. The molecule has 3 heterocycles. The van der Waals surface area contributed by atoms with Crippen LogP contribution in [0.4, 0.5) is 0 Å². The largest absolute Gasteiger partial charge is 0.465 e. The SMILES string of the molecule is Cc1ccc([C@@H](CNC(=O)/C=C/c2cnn(C)c2)N2CCCC2)o1. The maximum atomic E-state index is 12.1. The second kappa shape index (κ2) is 7.49. The number of nitrogens with zero attached hydrogens (tertiary/aromatic N) is 3. The minimum Gasteiger partial charge on any atom is -0.465 e. The molecule has 0 aliphatic carbocycles. The van der Waals surface area contributed by atoms with Gasteiger partial charge in [-0.2, -0.15) is 5.10 Å². The Morgan fingerprint density at radius 3 is 2.83 bits per heavy atom. The standard InChI is InChI=1S/C18H24N4O2/c1-14-5-7-17(24-14)16(22-9-3-4-10-22)12-19-18(23)8-6-15-11-20-21(2)13-15/h5-8,11,13,16H,3-4,9-10,12H2,1-2H3,(H,19,23)/b8-6+/t16-/m1/s1. The van der Waals surface area contributed by atoms with E-state index in [1.165, 1.54) is 12.8 Å². The molecule has 0 aromatic carbocycles. The summed E-state index contributed by atoms with van der Waals surface area (Å²) in [6.45, 7) is 4.58. The van der Waals surface area contributed by atoms with Gasteiger partial charge in [0.15, 0.2) is 0 Å². The fourth-order valence-corrected chi connectivity index (χ4v) is 3.05. The number of aromatic nitrogens is 2. The third-order valence-corrected chi connectivity index (χ3v) is 4.29. The fraction of sp³-hybridized carbons (Fsp3) is 0.444. The van der Waals surface area contributed by atoms with E-state index in [9.17, 15) is 4.79 Å². The number of carbonyl (C=O) groups excluding carboxylic acids is 1. The summed E-state index contributed by atoms with van der Waals surface area (Å²) in [5, 5.41) is 7.07.